The van der Waals surface area contributed by atoms with Crippen LogP contribution in [-0.2, 0) is 37.5 Å². The Hall–Kier alpha value is -2.56. The summed E-state index contributed by atoms with van der Waals surface area (Å²) in [6.45, 7) is 2.73. The van der Waals surface area contributed by atoms with Gasteiger partial charge in [0.25, 0.3) is 0 Å². The summed E-state index contributed by atoms with van der Waals surface area (Å²) in [7, 11) is -4.72. The molecule has 0 aliphatic rings. The highest BCUT2D eigenvalue weighted by Gasteiger charge is 2.28. The minimum absolute atomic E-state index is 0.133. The van der Waals surface area contributed by atoms with E-state index in [0.717, 1.165) is 83.5 Å². The van der Waals surface area contributed by atoms with Crippen molar-refractivity contribution in [1.82, 2.24) is 0 Å². The van der Waals surface area contributed by atoms with Gasteiger partial charge in [-0.15, -0.1) is 0 Å². The van der Waals surface area contributed by atoms with Crippen molar-refractivity contribution in [3.63, 3.8) is 0 Å². The second kappa shape index (κ2) is 39.3. The summed E-state index contributed by atoms with van der Waals surface area (Å²) >= 11 is 0. The van der Waals surface area contributed by atoms with E-state index in [9.17, 15) is 23.8 Å². The van der Waals surface area contributed by atoms with Gasteiger partial charge >= 0.3 is 25.7 Å². The van der Waals surface area contributed by atoms with Crippen molar-refractivity contribution >= 4 is 25.7 Å². The standard InChI is InChI=1S/C44H78NO10P/c1-3-5-7-9-11-13-15-17-19-20-22-24-26-28-30-32-34-36-43(47)55-40(38-53-56(50,51)54-39-41(45)44(48)49)37-52-42(46)35-33-31-29-27-25-23-21-18-16-14-12-10-8-6-4-2/h11,13,17-19,21-22,24,40-41H,3-10,12,14-16,20,23,25-39,45H2,1-2H3,(H,48,49)(H,50,51)/t40-,41+/m1/s1. The molecule has 4 N–H and O–H groups in total. The number of ether oxygens (including phenoxy) is 2. The third kappa shape index (κ3) is 38.3. The van der Waals surface area contributed by atoms with Crippen LogP contribution in [0.25, 0.3) is 0 Å². The summed E-state index contributed by atoms with van der Waals surface area (Å²) < 4.78 is 32.7. The van der Waals surface area contributed by atoms with Gasteiger partial charge in [-0.25, -0.2) is 4.57 Å². The molecule has 0 radical (unpaired) electrons. The molecule has 0 rings (SSSR count). The van der Waals surface area contributed by atoms with E-state index < -0.39 is 51.1 Å². The highest BCUT2D eigenvalue weighted by Crippen LogP contribution is 2.43. The second-order valence-corrected chi connectivity index (χ2v) is 15.9. The summed E-state index contributed by atoms with van der Waals surface area (Å²) in [5, 5.41) is 8.88. The number of carbonyl (C=O) groups is 3. The van der Waals surface area contributed by atoms with Crippen LogP contribution in [0.3, 0.4) is 0 Å². The fourth-order valence-corrected chi connectivity index (χ4v) is 6.37. The monoisotopic (exact) mass is 812 g/mol. The Kier molecular flexibility index (Phi) is 37.5. The van der Waals surface area contributed by atoms with Crippen molar-refractivity contribution in [3.8, 4) is 0 Å². The maximum Gasteiger partial charge on any atom is 0.472 e. The summed E-state index contributed by atoms with van der Waals surface area (Å²) in [5.74, 6) is -2.42. The number of carboxylic acids is 1. The number of unbranched alkanes of at least 4 members (excludes halogenated alkanes) is 18. The average Bonchev–Trinajstić information content (AvgIpc) is 3.17. The predicted octanol–water partition coefficient (Wildman–Crippen LogP) is 11.4. The number of nitrogens with two attached hydrogens (primary N) is 1. The van der Waals surface area contributed by atoms with E-state index in [-0.39, 0.29) is 19.4 Å². The quantitative estimate of drug-likeness (QED) is 0.0233. The number of allylic oxidation sites excluding steroid dienone is 8. The SMILES string of the molecule is CCCCCC=CCC=CCC=CCCCCCCC(=O)O[C@H](COC(=O)CCCCCCCC=CCCCCCCCC)COP(=O)(O)OC[C@H](N)C(=O)O. The largest absolute Gasteiger partial charge is 0.480 e. The Morgan fingerprint density at radius 2 is 0.946 bits per heavy atom. The molecule has 3 atom stereocenters. The van der Waals surface area contributed by atoms with Gasteiger partial charge in [-0.3, -0.25) is 23.4 Å². The van der Waals surface area contributed by atoms with Crippen LogP contribution in [0.2, 0.25) is 0 Å². The van der Waals surface area contributed by atoms with Crippen LogP contribution in [0.15, 0.2) is 48.6 Å². The molecule has 0 saturated heterocycles. The molecule has 11 nitrogen and oxygen atoms in total. The highest BCUT2D eigenvalue weighted by molar-refractivity contribution is 7.47. The molecule has 0 heterocycles. The Morgan fingerprint density at radius 3 is 1.46 bits per heavy atom. The molecule has 0 spiro atoms. The van der Waals surface area contributed by atoms with Crippen molar-refractivity contribution in [2.75, 3.05) is 19.8 Å². The average molecular weight is 812 g/mol. The van der Waals surface area contributed by atoms with E-state index in [1.807, 2.05) is 0 Å². The van der Waals surface area contributed by atoms with Gasteiger partial charge in [0.1, 0.15) is 12.6 Å². The van der Waals surface area contributed by atoms with Gasteiger partial charge in [-0.1, -0.05) is 140 Å². The van der Waals surface area contributed by atoms with Crippen molar-refractivity contribution in [3.05, 3.63) is 48.6 Å². The Labute approximate surface area is 339 Å². The fraction of sp³-hybridized carbons (Fsp3) is 0.750. The first kappa shape index (κ1) is 53.4. The van der Waals surface area contributed by atoms with E-state index in [2.05, 4.69) is 67.0 Å². The smallest absolute Gasteiger partial charge is 0.472 e. The van der Waals surface area contributed by atoms with Gasteiger partial charge in [0, 0.05) is 12.8 Å². The van der Waals surface area contributed by atoms with Crippen LogP contribution in [0.5, 0.6) is 0 Å². The topological polar surface area (TPSA) is 172 Å². The van der Waals surface area contributed by atoms with E-state index in [1.54, 1.807) is 0 Å². The van der Waals surface area contributed by atoms with E-state index in [0.29, 0.717) is 12.8 Å². The lowest BCUT2D eigenvalue weighted by Crippen LogP contribution is -2.34. The fourth-order valence-electron chi connectivity index (χ4n) is 5.59. The number of hydrogen-bond donors (Lipinski definition) is 3. The van der Waals surface area contributed by atoms with Gasteiger partial charge in [0.15, 0.2) is 6.10 Å². The zero-order chi connectivity index (χ0) is 41.4. The first-order valence-electron chi connectivity index (χ1n) is 21.7. The Morgan fingerprint density at radius 1 is 0.554 bits per heavy atom. The van der Waals surface area contributed by atoms with Crippen LogP contribution in [0.1, 0.15) is 181 Å². The second-order valence-electron chi connectivity index (χ2n) is 14.5. The minimum Gasteiger partial charge on any atom is -0.480 e. The van der Waals surface area contributed by atoms with Crippen LogP contribution in [0, 0.1) is 0 Å². The molecule has 0 aromatic carbocycles. The van der Waals surface area contributed by atoms with Crippen molar-refractivity contribution in [2.45, 2.75) is 193 Å². The molecular weight excluding hydrogens is 733 g/mol. The number of hydrogen-bond acceptors (Lipinski definition) is 9. The van der Waals surface area contributed by atoms with Gasteiger partial charge in [-0.05, 0) is 77.0 Å². The molecule has 0 aromatic rings. The molecule has 1 unspecified atom stereocenters. The van der Waals surface area contributed by atoms with Crippen molar-refractivity contribution in [1.29, 1.82) is 0 Å². The molecule has 0 amide bonds. The number of esters is 2. The molecule has 56 heavy (non-hydrogen) atoms. The molecule has 12 heteroatoms. The van der Waals surface area contributed by atoms with Crippen LogP contribution < -0.4 is 5.73 Å². The van der Waals surface area contributed by atoms with Crippen LogP contribution in [0.4, 0.5) is 0 Å². The molecule has 0 fully saturated rings. The molecule has 0 aliphatic heterocycles. The number of carbonyl (C=O) groups excluding carboxylic acids is 2. The van der Waals surface area contributed by atoms with E-state index in [1.165, 1.54) is 57.8 Å². The third-order valence-electron chi connectivity index (χ3n) is 9.05. The van der Waals surface area contributed by atoms with Crippen molar-refractivity contribution < 1.29 is 47.5 Å². The lowest BCUT2D eigenvalue weighted by atomic mass is 10.1. The lowest BCUT2D eigenvalue weighted by Gasteiger charge is -2.20. The number of carboxylic acid groups (broad SMARTS) is 1. The number of aliphatic carboxylic acids is 1. The summed E-state index contributed by atoms with van der Waals surface area (Å²) in [5.41, 5.74) is 5.33. The Balaban J connectivity index is 4.43. The molecular formula is C44H78NO10P. The summed E-state index contributed by atoms with van der Waals surface area (Å²) in [4.78, 5) is 45.9. The highest BCUT2D eigenvalue weighted by atomic mass is 31.2. The molecule has 0 aliphatic carbocycles. The predicted molar refractivity (Wildman–Crippen MR) is 226 cm³/mol. The number of phosphoric ester groups is 1. The van der Waals surface area contributed by atoms with Gasteiger partial charge in [-0.2, -0.15) is 0 Å². The third-order valence-corrected chi connectivity index (χ3v) is 10.0. The van der Waals surface area contributed by atoms with Gasteiger partial charge in [0.2, 0.25) is 0 Å². The molecule has 0 saturated carbocycles. The van der Waals surface area contributed by atoms with Crippen LogP contribution in [-0.4, -0.2) is 59.9 Å². The maximum atomic E-state index is 12.6. The summed E-state index contributed by atoms with van der Waals surface area (Å²) in [6, 6.07) is -1.53. The maximum absolute atomic E-state index is 12.6. The molecule has 324 valence electrons. The summed E-state index contributed by atoms with van der Waals surface area (Å²) in [6.07, 6.45) is 43.1. The molecule has 0 bridgehead atoms. The first-order valence-corrected chi connectivity index (χ1v) is 23.2. The van der Waals surface area contributed by atoms with E-state index >= 15 is 0 Å². The van der Waals surface area contributed by atoms with Gasteiger partial charge in [0.05, 0.1) is 13.2 Å². The van der Waals surface area contributed by atoms with E-state index in [4.69, 9.17) is 24.8 Å². The van der Waals surface area contributed by atoms with Gasteiger partial charge < -0.3 is 25.2 Å². The van der Waals surface area contributed by atoms with Crippen LogP contribution >= 0.6 is 7.82 Å². The lowest BCUT2D eigenvalue weighted by molar-refractivity contribution is -0.161. The zero-order valence-electron chi connectivity index (χ0n) is 35.0. The zero-order valence-corrected chi connectivity index (χ0v) is 35.9. The minimum atomic E-state index is -4.72. The molecule has 0 aromatic heterocycles. The number of rotatable bonds is 40. The first-order chi connectivity index (χ1) is 27.1. The van der Waals surface area contributed by atoms with Crippen molar-refractivity contribution in [2.24, 2.45) is 5.73 Å². The normalized spacial score (nSPS) is 14.2. The number of phosphoric acid groups is 1. The Bertz CT molecular complexity index is 1140.